The summed E-state index contributed by atoms with van der Waals surface area (Å²) in [6, 6.07) is 0. The Morgan fingerprint density at radius 1 is 1.23 bits per heavy atom. The Labute approximate surface area is 83.8 Å². The lowest BCUT2D eigenvalue weighted by Gasteiger charge is -2.27. The van der Waals surface area contributed by atoms with Crippen molar-refractivity contribution in [2.75, 3.05) is 31.1 Å². The Hall–Kier alpha value is -0.870. The van der Waals surface area contributed by atoms with Gasteiger partial charge in [-0.25, -0.2) is 4.98 Å². The van der Waals surface area contributed by atoms with Crippen molar-refractivity contribution in [1.82, 2.24) is 15.3 Å². The molecule has 1 saturated heterocycles. The normalized spacial score (nSPS) is 16.5. The first-order chi connectivity index (χ1) is 5.97. The molecule has 1 aliphatic rings. The zero-order chi connectivity index (χ0) is 8.23. The van der Waals surface area contributed by atoms with Crippen LogP contribution in [0, 0.1) is 0 Å². The molecule has 4 nitrogen and oxygen atoms in total. The van der Waals surface area contributed by atoms with Crippen LogP contribution in [0.15, 0.2) is 18.6 Å². The maximum Gasteiger partial charge on any atom is 0.147 e. The number of aromatic nitrogens is 2. The van der Waals surface area contributed by atoms with Crippen molar-refractivity contribution >= 4 is 18.2 Å². The van der Waals surface area contributed by atoms with E-state index in [-0.39, 0.29) is 12.4 Å². The molecule has 1 fully saturated rings. The number of hydrogen-bond acceptors (Lipinski definition) is 4. The van der Waals surface area contributed by atoms with Crippen LogP contribution in [0.4, 0.5) is 5.82 Å². The highest BCUT2D eigenvalue weighted by Crippen LogP contribution is 2.07. The van der Waals surface area contributed by atoms with Gasteiger partial charge in [-0.1, -0.05) is 0 Å². The second-order valence-corrected chi connectivity index (χ2v) is 2.80. The Kier molecular flexibility index (Phi) is 3.92. The minimum atomic E-state index is 0. The predicted octanol–water partition coefficient (Wildman–Crippen LogP) is 0.308. The zero-order valence-corrected chi connectivity index (χ0v) is 8.13. The molecule has 2 heterocycles. The highest BCUT2D eigenvalue weighted by atomic mass is 35.5. The highest BCUT2D eigenvalue weighted by molar-refractivity contribution is 5.85. The molecular weight excluding hydrogens is 188 g/mol. The van der Waals surface area contributed by atoms with Crippen molar-refractivity contribution < 1.29 is 0 Å². The molecule has 0 aliphatic carbocycles. The van der Waals surface area contributed by atoms with Gasteiger partial charge >= 0.3 is 0 Å². The van der Waals surface area contributed by atoms with E-state index in [0.717, 1.165) is 32.0 Å². The van der Waals surface area contributed by atoms with E-state index in [1.54, 1.807) is 12.4 Å². The van der Waals surface area contributed by atoms with Gasteiger partial charge in [0.2, 0.25) is 0 Å². The Morgan fingerprint density at radius 3 is 2.62 bits per heavy atom. The minimum Gasteiger partial charge on any atom is -0.353 e. The number of nitrogens with zero attached hydrogens (tertiary/aromatic N) is 3. The fourth-order valence-corrected chi connectivity index (χ4v) is 1.35. The fourth-order valence-electron chi connectivity index (χ4n) is 1.35. The molecule has 2 rings (SSSR count). The van der Waals surface area contributed by atoms with Gasteiger partial charge in [0.15, 0.2) is 0 Å². The van der Waals surface area contributed by atoms with Gasteiger partial charge in [-0.05, 0) is 0 Å². The number of nitrogens with one attached hydrogen (secondary N) is 1. The predicted molar refractivity (Wildman–Crippen MR) is 54.4 cm³/mol. The number of halogens is 1. The maximum atomic E-state index is 4.24. The first-order valence-corrected chi connectivity index (χ1v) is 4.18. The molecule has 0 atom stereocenters. The van der Waals surface area contributed by atoms with Crippen molar-refractivity contribution in [2.45, 2.75) is 0 Å². The third-order valence-electron chi connectivity index (χ3n) is 1.99. The van der Waals surface area contributed by atoms with Crippen molar-refractivity contribution in [3.05, 3.63) is 18.6 Å². The second-order valence-electron chi connectivity index (χ2n) is 2.80. The van der Waals surface area contributed by atoms with E-state index in [0.29, 0.717) is 0 Å². The summed E-state index contributed by atoms with van der Waals surface area (Å²) in [6.45, 7) is 4.13. The summed E-state index contributed by atoms with van der Waals surface area (Å²) in [5.74, 6) is 0.985. The first-order valence-electron chi connectivity index (χ1n) is 4.18. The molecule has 13 heavy (non-hydrogen) atoms. The van der Waals surface area contributed by atoms with Crippen LogP contribution in [0.25, 0.3) is 0 Å². The summed E-state index contributed by atoms with van der Waals surface area (Å²) < 4.78 is 0. The summed E-state index contributed by atoms with van der Waals surface area (Å²) in [5.41, 5.74) is 0. The van der Waals surface area contributed by atoms with Crippen LogP contribution in [0.3, 0.4) is 0 Å². The Bertz CT molecular complexity index is 235. The zero-order valence-electron chi connectivity index (χ0n) is 7.31. The standard InChI is InChI=1S/C8H12N4.ClH/c1-2-11-8(7-10-1)12-5-3-9-4-6-12;/h1-2,7,9H,3-6H2;1H. The summed E-state index contributed by atoms with van der Waals surface area (Å²) >= 11 is 0. The van der Waals surface area contributed by atoms with Crippen molar-refractivity contribution in [2.24, 2.45) is 0 Å². The third-order valence-corrected chi connectivity index (χ3v) is 1.99. The second kappa shape index (κ2) is 4.99. The minimum absolute atomic E-state index is 0. The van der Waals surface area contributed by atoms with Crippen LogP contribution >= 0.6 is 12.4 Å². The molecule has 0 saturated carbocycles. The van der Waals surface area contributed by atoms with Gasteiger partial charge in [-0.2, -0.15) is 0 Å². The van der Waals surface area contributed by atoms with Crippen LogP contribution in [0.1, 0.15) is 0 Å². The van der Waals surface area contributed by atoms with Crippen LogP contribution in [-0.4, -0.2) is 36.1 Å². The van der Waals surface area contributed by atoms with Crippen LogP contribution in [0.5, 0.6) is 0 Å². The Balaban J connectivity index is 0.000000845. The molecule has 0 bridgehead atoms. The number of piperazine rings is 1. The number of anilines is 1. The molecular formula is C8H13ClN4. The molecule has 1 aromatic heterocycles. The molecule has 0 radical (unpaired) electrons. The molecule has 0 amide bonds. The highest BCUT2D eigenvalue weighted by Gasteiger charge is 2.10. The Morgan fingerprint density at radius 2 is 2.00 bits per heavy atom. The molecule has 72 valence electrons. The van der Waals surface area contributed by atoms with E-state index in [1.807, 2.05) is 6.20 Å². The van der Waals surface area contributed by atoms with Crippen molar-refractivity contribution in [3.63, 3.8) is 0 Å². The monoisotopic (exact) mass is 200 g/mol. The first kappa shape index (κ1) is 10.2. The molecule has 0 unspecified atom stereocenters. The van der Waals surface area contributed by atoms with Gasteiger partial charge in [0, 0.05) is 38.6 Å². The molecule has 1 aliphatic heterocycles. The van der Waals surface area contributed by atoms with Crippen LogP contribution in [-0.2, 0) is 0 Å². The molecule has 1 aromatic rings. The van der Waals surface area contributed by atoms with Gasteiger partial charge in [-0.15, -0.1) is 12.4 Å². The third kappa shape index (κ3) is 2.54. The van der Waals surface area contributed by atoms with Gasteiger partial charge in [0.05, 0.1) is 6.20 Å². The molecule has 0 aromatic carbocycles. The van der Waals surface area contributed by atoms with E-state index in [9.17, 15) is 0 Å². The summed E-state index contributed by atoms with van der Waals surface area (Å²) in [7, 11) is 0. The van der Waals surface area contributed by atoms with Gasteiger partial charge < -0.3 is 10.2 Å². The summed E-state index contributed by atoms with van der Waals surface area (Å²) in [5, 5.41) is 3.29. The quantitative estimate of drug-likeness (QED) is 0.709. The fraction of sp³-hybridized carbons (Fsp3) is 0.500. The number of rotatable bonds is 1. The smallest absolute Gasteiger partial charge is 0.147 e. The molecule has 1 N–H and O–H groups in total. The van der Waals surface area contributed by atoms with Crippen molar-refractivity contribution in [1.29, 1.82) is 0 Å². The lowest BCUT2D eigenvalue weighted by Crippen LogP contribution is -2.43. The largest absolute Gasteiger partial charge is 0.353 e. The number of hydrogen-bond donors (Lipinski definition) is 1. The van der Waals surface area contributed by atoms with Gasteiger partial charge in [0.25, 0.3) is 0 Å². The molecule has 0 spiro atoms. The summed E-state index contributed by atoms with van der Waals surface area (Å²) in [4.78, 5) is 10.5. The SMILES string of the molecule is Cl.c1cnc(N2CCNCC2)cn1. The van der Waals surface area contributed by atoms with Crippen LogP contribution < -0.4 is 10.2 Å². The lowest BCUT2D eigenvalue weighted by atomic mass is 10.4. The molecule has 5 heteroatoms. The average Bonchev–Trinajstić information content (AvgIpc) is 2.21. The lowest BCUT2D eigenvalue weighted by molar-refractivity contribution is 0.584. The van der Waals surface area contributed by atoms with E-state index >= 15 is 0 Å². The van der Waals surface area contributed by atoms with E-state index in [2.05, 4.69) is 20.2 Å². The van der Waals surface area contributed by atoms with E-state index in [1.165, 1.54) is 0 Å². The van der Waals surface area contributed by atoms with Crippen molar-refractivity contribution in [3.8, 4) is 0 Å². The van der Waals surface area contributed by atoms with E-state index < -0.39 is 0 Å². The summed E-state index contributed by atoms with van der Waals surface area (Å²) in [6.07, 6.45) is 5.24. The topological polar surface area (TPSA) is 41.1 Å². The maximum absolute atomic E-state index is 4.24. The average molecular weight is 201 g/mol. The van der Waals surface area contributed by atoms with E-state index in [4.69, 9.17) is 0 Å². The van der Waals surface area contributed by atoms with Gasteiger partial charge in [-0.3, -0.25) is 4.98 Å². The van der Waals surface area contributed by atoms with Gasteiger partial charge in [0.1, 0.15) is 5.82 Å². The van der Waals surface area contributed by atoms with Crippen LogP contribution in [0.2, 0.25) is 0 Å².